The molecule has 0 aromatic carbocycles. The quantitative estimate of drug-likeness (QED) is 0.597. The van der Waals surface area contributed by atoms with Crippen LogP contribution in [-0.2, 0) is 24.3 Å². The van der Waals surface area contributed by atoms with Gasteiger partial charge in [-0.05, 0) is 12.8 Å². The highest BCUT2D eigenvalue weighted by atomic mass is 32.2. The van der Waals surface area contributed by atoms with E-state index in [0.29, 0.717) is 23.3 Å². The maximum atomic E-state index is 12.8. The largest absolute Gasteiger partial charge is 0.355 e. The third kappa shape index (κ3) is 4.45. The van der Waals surface area contributed by atoms with E-state index in [1.165, 1.54) is 23.4 Å². The summed E-state index contributed by atoms with van der Waals surface area (Å²) in [6, 6.07) is 0. The lowest BCUT2D eigenvalue weighted by Gasteiger charge is -2.20. The van der Waals surface area contributed by atoms with Crippen LogP contribution in [-0.4, -0.2) is 36.8 Å². The summed E-state index contributed by atoms with van der Waals surface area (Å²) in [6.45, 7) is 12.3. The highest BCUT2D eigenvalue weighted by molar-refractivity contribution is 8.00. The fraction of sp³-hybridized carbons (Fsp3) is 0.632. The first-order valence-electron chi connectivity index (χ1n) is 9.27. The first-order valence-corrected chi connectivity index (χ1v) is 10.1. The molecule has 2 aromatic rings. The minimum atomic E-state index is -0.462. The van der Waals surface area contributed by atoms with Crippen molar-refractivity contribution in [3.63, 3.8) is 0 Å². The maximum Gasteiger partial charge on any atom is 0.332 e. The number of carbonyl (C=O) groups is 1. The summed E-state index contributed by atoms with van der Waals surface area (Å²) >= 11 is 1.21. The number of carbonyl (C=O) groups excluding carboxylic acids is 1. The van der Waals surface area contributed by atoms with Crippen molar-refractivity contribution >= 4 is 28.7 Å². The molecule has 1 unspecified atom stereocenters. The van der Waals surface area contributed by atoms with Crippen molar-refractivity contribution in [1.82, 2.24) is 24.4 Å². The molecule has 0 bridgehead atoms. The summed E-state index contributed by atoms with van der Waals surface area (Å²) in [6.07, 6.45) is 0. The molecular weight excluding hydrogens is 378 g/mol. The summed E-state index contributed by atoms with van der Waals surface area (Å²) in [5, 5.41) is 3.12. The fourth-order valence-corrected chi connectivity index (χ4v) is 3.48. The zero-order valence-electron chi connectivity index (χ0n) is 17.8. The third-order valence-corrected chi connectivity index (χ3v) is 5.37. The van der Waals surface area contributed by atoms with Gasteiger partial charge in [-0.25, -0.2) is 14.8 Å². The molecule has 0 fully saturated rings. The second-order valence-corrected chi connectivity index (χ2v) is 9.74. The zero-order valence-corrected chi connectivity index (χ0v) is 18.6. The molecule has 0 radical (unpaired) electrons. The third-order valence-electron chi connectivity index (χ3n) is 4.28. The number of fused-ring (bicyclic) bond motifs is 1. The van der Waals surface area contributed by atoms with Gasteiger partial charge >= 0.3 is 5.69 Å². The Balaban J connectivity index is 2.65. The van der Waals surface area contributed by atoms with Crippen LogP contribution in [0.4, 0.5) is 0 Å². The summed E-state index contributed by atoms with van der Waals surface area (Å²) < 4.78 is 2.39. The molecule has 0 aliphatic heterocycles. The number of nitrogens with one attached hydrogen (secondary N) is 1. The molecule has 154 valence electrons. The van der Waals surface area contributed by atoms with Crippen LogP contribution in [0.1, 0.15) is 47.4 Å². The van der Waals surface area contributed by atoms with E-state index in [2.05, 4.69) is 15.3 Å². The molecule has 2 rings (SSSR count). The first kappa shape index (κ1) is 22.1. The van der Waals surface area contributed by atoms with Gasteiger partial charge in [0.2, 0.25) is 5.91 Å². The normalized spacial score (nSPS) is 13.2. The molecule has 0 saturated carbocycles. The van der Waals surface area contributed by atoms with Gasteiger partial charge in [-0.3, -0.25) is 18.7 Å². The van der Waals surface area contributed by atoms with E-state index in [-0.39, 0.29) is 22.4 Å². The van der Waals surface area contributed by atoms with Crippen molar-refractivity contribution in [3.05, 3.63) is 26.7 Å². The van der Waals surface area contributed by atoms with Crippen molar-refractivity contribution < 1.29 is 4.79 Å². The molecule has 0 aliphatic carbocycles. The lowest BCUT2D eigenvalue weighted by atomic mass is 9.96. The highest BCUT2D eigenvalue weighted by Crippen LogP contribution is 2.29. The molecule has 0 saturated heterocycles. The average Bonchev–Trinajstić information content (AvgIpc) is 2.61. The lowest BCUT2D eigenvalue weighted by Crippen LogP contribution is -2.38. The summed E-state index contributed by atoms with van der Waals surface area (Å²) in [5.74, 6) is 0.736. The number of amides is 1. The van der Waals surface area contributed by atoms with Gasteiger partial charge in [0, 0.05) is 26.1 Å². The topological polar surface area (TPSA) is 98.9 Å². The van der Waals surface area contributed by atoms with Gasteiger partial charge in [0.15, 0.2) is 5.65 Å². The van der Waals surface area contributed by atoms with Gasteiger partial charge in [0.05, 0.1) is 5.25 Å². The van der Waals surface area contributed by atoms with Crippen molar-refractivity contribution in [2.24, 2.45) is 20.0 Å². The summed E-state index contributed by atoms with van der Waals surface area (Å²) in [5.41, 5.74) is -1.01. The standard InChI is InChI=1S/C19H29N5O3S/c1-10(2)9-20-14(25)11(3)28-15-12-13(21-17(22-15)19(4,5)6)23(7)18(27)24(8)16(12)26/h10-11H,9H2,1-8H3,(H,20,25). The van der Waals surface area contributed by atoms with Crippen LogP contribution in [0.25, 0.3) is 11.0 Å². The van der Waals surface area contributed by atoms with E-state index in [1.807, 2.05) is 34.6 Å². The van der Waals surface area contributed by atoms with Crippen molar-refractivity contribution in [3.8, 4) is 0 Å². The Hall–Kier alpha value is -2.16. The zero-order chi connectivity index (χ0) is 21.4. The molecule has 1 atom stereocenters. The Labute approximate surface area is 168 Å². The van der Waals surface area contributed by atoms with Crippen LogP contribution in [0.2, 0.25) is 0 Å². The van der Waals surface area contributed by atoms with E-state index >= 15 is 0 Å². The minimum absolute atomic E-state index is 0.121. The molecule has 0 spiro atoms. The van der Waals surface area contributed by atoms with Gasteiger partial charge in [-0.1, -0.05) is 46.4 Å². The van der Waals surface area contributed by atoms with Crippen molar-refractivity contribution in [1.29, 1.82) is 0 Å². The second-order valence-electron chi connectivity index (χ2n) is 8.41. The minimum Gasteiger partial charge on any atom is -0.355 e. The van der Waals surface area contributed by atoms with Crippen LogP contribution >= 0.6 is 11.8 Å². The monoisotopic (exact) mass is 407 g/mol. The van der Waals surface area contributed by atoms with Crippen molar-refractivity contribution in [2.45, 2.75) is 57.2 Å². The van der Waals surface area contributed by atoms with E-state index < -0.39 is 16.5 Å². The van der Waals surface area contributed by atoms with Crippen LogP contribution in [0.3, 0.4) is 0 Å². The molecule has 1 amide bonds. The number of hydrogen-bond acceptors (Lipinski definition) is 6. The predicted molar refractivity (Wildman–Crippen MR) is 112 cm³/mol. The van der Waals surface area contributed by atoms with Crippen LogP contribution < -0.4 is 16.6 Å². The number of hydrogen-bond donors (Lipinski definition) is 1. The number of aryl methyl sites for hydroxylation is 1. The van der Waals surface area contributed by atoms with Crippen molar-refractivity contribution in [2.75, 3.05) is 6.54 Å². The van der Waals surface area contributed by atoms with Gasteiger partial charge in [0.1, 0.15) is 16.2 Å². The molecular formula is C19H29N5O3S. The Morgan fingerprint density at radius 3 is 2.25 bits per heavy atom. The Kier molecular flexibility index (Phi) is 6.37. The first-order chi connectivity index (χ1) is 12.8. The number of nitrogens with zero attached hydrogens (tertiary/aromatic N) is 4. The van der Waals surface area contributed by atoms with Crippen LogP contribution in [0.5, 0.6) is 0 Å². The van der Waals surface area contributed by atoms with E-state index in [0.717, 1.165) is 4.57 Å². The highest BCUT2D eigenvalue weighted by Gasteiger charge is 2.25. The molecule has 2 heterocycles. The fourth-order valence-electron chi connectivity index (χ4n) is 2.52. The smallest absolute Gasteiger partial charge is 0.332 e. The molecule has 8 nitrogen and oxygen atoms in total. The Morgan fingerprint density at radius 1 is 1.11 bits per heavy atom. The van der Waals surface area contributed by atoms with Gasteiger partial charge < -0.3 is 5.32 Å². The lowest BCUT2D eigenvalue weighted by molar-refractivity contribution is -0.120. The number of aromatic nitrogens is 4. The van der Waals surface area contributed by atoms with E-state index in [1.54, 1.807) is 14.0 Å². The Bertz CT molecular complexity index is 1020. The van der Waals surface area contributed by atoms with E-state index in [9.17, 15) is 14.4 Å². The maximum absolute atomic E-state index is 12.8. The molecule has 9 heteroatoms. The van der Waals surface area contributed by atoms with Gasteiger partial charge in [0.25, 0.3) is 5.56 Å². The Morgan fingerprint density at radius 2 is 1.71 bits per heavy atom. The van der Waals surface area contributed by atoms with Crippen LogP contribution in [0.15, 0.2) is 14.6 Å². The molecule has 2 aromatic heterocycles. The molecule has 0 aliphatic rings. The summed E-state index contributed by atoms with van der Waals surface area (Å²) in [7, 11) is 3.01. The second kappa shape index (κ2) is 8.06. The number of rotatable bonds is 5. The predicted octanol–water partition coefficient (Wildman–Crippen LogP) is 1.58. The average molecular weight is 408 g/mol. The van der Waals surface area contributed by atoms with Gasteiger partial charge in [-0.15, -0.1) is 0 Å². The summed E-state index contributed by atoms with van der Waals surface area (Å²) in [4.78, 5) is 46.7. The van der Waals surface area contributed by atoms with Gasteiger partial charge in [-0.2, -0.15) is 0 Å². The van der Waals surface area contributed by atoms with Crippen LogP contribution in [0, 0.1) is 5.92 Å². The van der Waals surface area contributed by atoms with E-state index in [4.69, 9.17) is 0 Å². The number of thioether (sulfide) groups is 1. The molecule has 28 heavy (non-hydrogen) atoms. The SMILES string of the molecule is CC(C)CNC(=O)C(C)Sc1nc(C(C)(C)C)nc2c1c(=O)n(C)c(=O)n2C. The molecule has 1 N–H and O–H groups in total.